The summed E-state index contributed by atoms with van der Waals surface area (Å²) in [4.78, 5) is 38.6. The smallest absolute Gasteiger partial charge is 0.480 e. The molecule has 2 heterocycles. The van der Waals surface area contributed by atoms with Crippen LogP contribution in [0.4, 0.5) is 13.2 Å². The number of aliphatic carboxylic acids is 2. The molecule has 0 bridgehead atoms. The van der Waals surface area contributed by atoms with E-state index in [-0.39, 0.29) is 17.4 Å². The largest absolute Gasteiger partial charge is 0.490 e. The Morgan fingerprint density at radius 1 is 1.00 bits per heavy atom. The molecule has 1 aliphatic carbocycles. The number of halogens is 3. The van der Waals surface area contributed by atoms with Crippen molar-refractivity contribution in [1.82, 2.24) is 9.80 Å². The van der Waals surface area contributed by atoms with E-state index in [2.05, 4.69) is 43.0 Å². The minimum atomic E-state index is -5.08. The van der Waals surface area contributed by atoms with Gasteiger partial charge in [-0.3, -0.25) is 14.5 Å². The van der Waals surface area contributed by atoms with Crippen molar-refractivity contribution in [3.8, 4) is 0 Å². The third-order valence-corrected chi connectivity index (χ3v) is 7.46. The third-order valence-electron chi connectivity index (χ3n) is 7.46. The number of alkyl halides is 3. The summed E-state index contributed by atoms with van der Waals surface area (Å²) in [6, 6.07) is 10.7. The van der Waals surface area contributed by atoms with Gasteiger partial charge in [0, 0.05) is 24.5 Å². The first-order chi connectivity index (χ1) is 16.8. The summed E-state index contributed by atoms with van der Waals surface area (Å²) in [5.74, 6) is -3.47. The molecule has 1 atom stereocenters. The summed E-state index contributed by atoms with van der Waals surface area (Å²) in [7, 11) is 0. The number of likely N-dealkylation sites (tertiary alicyclic amines) is 2. The minimum Gasteiger partial charge on any atom is -0.480 e. The Balaban J connectivity index is 0.000000454. The molecule has 3 aliphatic rings. The van der Waals surface area contributed by atoms with Crippen molar-refractivity contribution in [1.29, 1.82) is 0 Å². The number of carboxylic acid groups (broad SMARTS) is 2. The van der Waals surface area contributed by atoms with Crippen LogP contribution >= 0.6 is 0 Å². The lowest BCUT2D eigenvalue weighted by atomic mass is 9.65. The second-order valence-electron chi connectivity index (χ2n) is 10.5. The first-order valence-corrected chi connectivity index (χ1v) is 12.0. The number of amides is 1. The molecule has 2 fully saturated rings. The maximum atomic E-state index is 13.3. The molecule has 0 saturated carbocycles. The van der Waals surface area contributed by atoms with Gasteiger partial charge in [-0.2, -0.15) is 13.2 Å². The van der Waals surface area contributed by atoms with Crippen molar-refractivity contribution in [2.75, 3.05) is 19.6 Å². The van der Waals surface area contributed by atoms with Crippen molar-refractivity contribution in [3.63, 3.8) is 0 Å². The van der Waals surface area contributed by atoms with Crippen molar-refractivity contribution in [2.24, 2.45) is 16.7 Å². The molecule has 1 aromatic carbocycles. The maximum Gasteiger partial charge on any atom is 0.490 e. The summed E-state index contributed by atoms with van der Waals surface area (Å²) in [6.07, 6.45) is 1.36. The van der Waals surface area contributed by atoms with E-state index in [9.17, 15) is 27.9 Å². The van der Waals surface area contributed by atoms with Crippen LogP contribution in [0.5, 0.6) is 0 Å². The number of benzene rings is 1. The van der Waals surface area contributed by atoms with Gasteiger partial charge in [0.2, 0.25) is 5.91 Å². The van der Waals surface area contributed by atoms with Crippen LogP contribution in [0.15, 0.2) is 42.5 Å². The lowest BCUT2D eigenvalue weighted by molar-refractivity contribution is -0.192. The van der Waals surface area contributed by atoms with Crippen LogP contribution in [-0.2, 0) is 20.9 Å². The van der Waals surface area contributed by atoms with E-state index >= 15 is 0 Å². The van der Waals surface area contributed by atoms with Crippen LogP contribution < -0.4 is 0 Å². The molecule has 2 saturated heterocycles. The molecule has 0 spiro atoms. The number of hydrogen-bond donors (Lipinski definition) is 2. The Morgan fingerprint density at radius 3 is 1.97 bits per heavy atom. The zero-order chi connectivity index (χ0) is 26.7. The molecule has 1 aromatic rings. The lowest BCUT2D eigenvalue weighted by Crippen LogP contribution is -2.70. The number of nitrogens with zero attached hydrogens (tertiary/aromatic N) is 2. The van der Waals surface area contributed by atoms with E-state index < -0.39 is 23.5 Å². The van der Waals surface area contributed by atoms with Crippen LogP contribution in [0.25, 0.3) is 0 Å². The Kier molecular flexibility index (Phi) is 8.17. The number of allylic oxidation sites excluding steroid dienone is 2. The van der Waals surface area contributed by atoms with Crippen molar-refractivity contribution in [2.45, 2.75) is 58.3 Å². The summed E-state index contributed by atoms with van der Waals surface area (Å²) in [6.45, 7) is 8.13. The molecule has 0 radical (unpaired) electrons. The second kappa shape index (κ2) is 10.6. The van der Waals surface area contributed by atoms with Gasteiger partial charge in [-0.25, -0.2) is 4.79 Å². The maximum absolute atomic E-state index is 13.3. The van der Waals surface area contributed by atoms with Crippen molar-refractivity contribution >= 4 is 17.8 Å². The fourth-order valence-corrected chi connectivity index (χ4v) is 5.67. The SMILES string of the molecule is CC1(C)CN(C(=O)C2(C(=O)O)CC=CC2)C1C1CCN(Cc2ccccc2)CC1.O=C(O)C(F)(F)F. The molecule has 7 nitrogen and oxygen atoms in total. The van der Waals surface area contributed by atoms with Gasteiger partial charge in [0.15, 0.2) is 5.41 Å². The predicted molar refractivity (Wildman–Crippen MR) is 126 cm³/mol. The Bertz CT molecular complexity index is 977. The standard InChI is InChI=1S/C24H32N2O3.C2HF3O2/c1-23(2)17-26(21(27)24(22(28)29)12-6-7-13-24)20(23)19-10-14-25(15-11-19)16-18-8-4-3-5-9-18;3-2(4,5)1(6)7/h3-9,19-20H,10-17H2,1-2H3,(H,28,29);(H,6,7). The van der Waals surface area contributed by atoms with E-state index in [0.717, 1.165) is 32.5 Å². The zero-order valence-corrected chi connectivity index (χ0v) is 20.5. The number of carbonyl (C=O) groups is 3. The van der Waals surface area contributed by atoms with Crippen LogP contribution in [0.3, 0.4) is 0 Å². The number of piperidine rings is 1. The summed E-state index contributed by atoms with van der Waals surface area (Å²) >= 11 is 0. The van der Waals surface area contributed by atoms with E-state index in [0.29, 0.717) is 25.3 Å². The van der Waals surface area contributed by atoms with Gasteiger partial charge >= 0.3 is 18.1 Å². The first kappa shape index (κ1) is 27.7. The van der Waals surface area contributed by atoms with Gasteiger partial charge in [0.05, 0.1) is 0 Å². The molecule has 1 unspecified atom stereocenters. The highest BCUT2D eigenvalue weighted by Crippen LogP contribution is 2.48. The van der Waals surface area contributed by atoms with E-state index in [1.807, 2.05) is 23.1 Å². The monoisotopic (exact) mass is 510 g/mol. The molecule has 198 valence electrons. The highest BCUT2D eigenvalue weighted by atomic mass is 19.4. The van der Waals surface area contributed by atoms with E-state index in [1.165, 1.54) is 5.56 Å². The van der Waals surface area contributed by atoms with Gasteiger partial charge in [-0.1, -0.05) is 56.3 Å². The molecular formula is C26H33F3N2O5. The first-order valence-electron chi connectivity index (χ1n) is 12.0. The van der Waals surface area contributed by atoms with Gasteiger partial charge in [-0.15, -0.1) is 0 Å². The number of rotatable bonds is 5. The van der Waals surface area contributed by atoms with E-state index in [1.54, 1.807) is 0 Å². The molecule has 2 N–H and O–H groups in total. The average Bonchev–Trinajstić information content (AvgIpc) is 3.31. The predicted octanol–water partition coefficient (Wildman–Crippen LogP) is 4.19. The van der Waals surface area contributed by atoms with E-state index in [4.69, 9.17) is 9.90 Å². The zero-order valence-electron chi connectivity index (χ0n) is 20.5. The molecule has 10 heteroatoms. The second-order valence-corrected chi connectivity index (χ2v) is 10.5. The molecular weight excluding hydrogens is 477 g/mol. The number of hydrogen-bond acceptors (Lipinski definition) is 4. The lowest BCUT2D eigenvalue weighted by Gasteiger charge is -2.59. The fraction of sp³-hybridized carbons (Fsp3) is 0.577. The molecule has 36 heavy (non-hydrogen) atoms. The highest BCUT2D eigenvalue weighted by Gasteiger charge is 2.58. The van der Waals surface area contributed by atoms with Gasteiger partial charge in [-0.05, 0) is 50.3 Å². The normalized spacial score (nSPS) is 23.4. The number of carbonyl (C=O) groups excluding carboxylic acids is 1. The van der Waals surface area contributed by atoms with Crippen LogP contribution in [-0.4, -0.2) is 69.7 Å². The fourth-order valence-electron chi connectivity index (χ4n) is 5.67. The molecule has 2 aliphatic heterocycles. The van der Waals surface area contributed by atoms with Crippen LogP contribution in [0.1, 0.15) is 45.1 Å². The number of carboxylic acids is 2. The Morgan fingerprint density at radius 2 is 1.53 bits per heavy atom. The summed E-state index contributed by atoms with van der Waals surface area (Å²) in [5, 5.41) is 16.9. The summed E-state index contributed by atoms with van der Waals surface area (Å²) < 4.78 is 31.7. The van der Waals surface area contributed by atoms with Gasteiger partial charge in [0.1, 0.15) is 0 Å². The Hall–Kier alpha value is -2.88. The van der Waals surface area contributed by atoms with Crippen LogP contribution in [0, 0.1) is 16.7 Å². The summed E-state index contributed by atoms with van der Waals surface area (Å²) in [5.41, 5.74) is 0.111. The molecule has 0 aromatic heterocycles. The third kappa shape index (κ3) is 5.91. The average molecular weight is 511 g/mol. The van der Waals surface area contributed by atoms with Gasteiger partial charge < -0.3 is 15.1 Å². The highest BCUT2D eigenvalue weighted by molar-refractivity contribution is 6.03. The van der Waals surface area contributed by atoms with Crippen LogP contribution in [0.2, 0.25) is 0 Å². The van der Waals surface area contributed by atoms with Crippen molar-refractivity contribution in [3.05, 3.63) is 48.0 Å². The topological polar surface area (TPSA) is 98.2 Å². The Labute approximate surface area is 208 Å². The minimum absolute atomic E-state index is 0.0493. The van der Waals surface area contributed by atoms with Gasteiger partial charge in [0.25, 0.3) is 0 Å². The van der Waals surface area contributed by atoms with Crippen molar-refractivity contribution < 1.29 is 37.8 Å². The molecule has 1 amide bonds. The molecule has 4 rings (SSSR count). The quantitative estimate of drug-likeness (QED) is 0.455.